The van der Waals surface area contributed by atoms with Gasteiger partial charge in [0, 0.05) is 23.2 Å². The molecule has 2 N–H and O–H groups in total. The molecule has 1 amide bonds. The molecule has 28 heavy (non-hydrogen) atoms. The van der Waals surface area contributed by atoms with E-state index in [-0.39, 0.29) is 22.6 Å². The van der Waals surface area contributed by atoms with E-state index >= 15 is 0 Å². The third-order valence-electron chi connectivity index (χ3n) is 4.25. The van der Waals surface area contributed by atoms with Crippen molar-refractivity contribution in [3.8, 4) is 11.5 Å². The molecule has 0 unspecified atom stereocenters. The van der Waals surface area contributed by atoms with Crippen LogP contribution < -0.4 is 20.3 Å². The van der Waals surface area contributed by atoms with E-state index < -0.39 is 16.5 Å². The number of pyridine rings is 1. The van der Waals surface area contributed by atoms with Gasteiger partial charge in [-0.3, -0.25) is 19.7 Å². The number of H-pyrrole nitrogens is 1. The summed E-state index contributed by atoms with van der Waals surface area (Å²) < 4.78 is 10.2. The Kier molecular flexibility index (Phi) is 4.99. The topological polar surface area (TPSA) is 124 Å². The van der Waals surface area contributed by atoms with Gasteiger partial charge in [0.25, 0.3) is 11.6 Å². The Morgan fingerprint density at radius 3 is 2.43 bits per heavy atom. The minimum absolute atomic E-state index is 0.143. The molecule has 9 nitrogen and oxygen atoms in total. The predicted molar refractivity (Wildman–Crippen MR) is 103 cm³/mol. The van der Waals surface area contributed by atoms with Crippen LogP contribution in [-0.4, -0.2) is 30.0 Å². The standard InChI is InChI=1S/C19H17N3O6/c1-10-6-18(23)21-14-7-11(4-5-12(10)14)20-19(24)13-8-16(27-2)17(28-3)9-15(13)22(25)26/h4-9H,1-3H3,(H,20,24)(H,21,23). The number of ether oxygens (including phenoxy) is 2. The summed E-state index contributed by atoms with van der Waals surface area (Å²) in [6.45, 7) is 1.81. The highest BCUT2D eigenvalue weighted by Crippen LogP contribution is 2.35. The molecule has 1 heterocycles. The van der Waals surface area contributed by atoms with Crippen molar-refractivity contribution in [1.29, 1.82) is 0 Å². The van der Waals surface area contributed by atoms with Crippen LogP contribution in [0.2, 0.25) is 0 Å². The van der Waals surface area contributed by atoms with E-state index in [0.717, 1.165) is 17.0 Å². The molecule has 1 aromatic heterocycles. The second kappa shape index (κ2) is 7.39. The van der Waals surface area contributed by atoms with Crippen molar-refractivity contribution in [3.05, 3.63) is 68.0 Å². The van der Waals surface area contributed by atoms with Gasteiger partial charge in [0.1, 0.15) is 5.56 Å². The van der Waals surface area contributed by atoms with Gasteiger partial charge in [0.05, 0.1) is 30.7 Å². The van der Waals surface area contributed by atoms with Gasteiger partial charge in [-0.15, -0.1) is 0 Å². The molecule has 0 saturated carbocycles. The lowest BCUT2D eigenvalue weighted by Crippen LogP contribution is -2.15. The number of rotatable bonds is 5. The van der Waals surface area contributed by atoms with E-state index in [1.807, 2.05) is 6.92 Å². The second-order valence-corrected chi connectivity index (χ2v) is 6.01. The number of hydrogen-bond acceptors (Lipinski definition) is 6. The van der Waals surface area contributed by atoms with Gasteiger partial charge in [-0.1, -0.05) is 6.07 Å². The van der Waals surface area contributed by atoms with Crippen molar-refractivity contribution in [1.82, 2.24) is 4.98 Å². The maximum atomic E-state index is 12.7. The highest BCUT2D eigenvalue weighted by Gasteiger charge is 2.24. The fraction of sp³-hybridized carbons (Fsp3) is 0.158. The highest BCUT2D eigenvalue weighted by molar-refractivity contribution is 6.08. The van der Waals surface area contributed by atoms with E-state index in [4.69, 9.17) is 9.47 Å². The number of anilines is 1. The maximum Gasteiger partial charge on any atom is 0.286 e. The van der Waals surface area contributed by atoms with E-state index in [0.29, 0.717) is 11.2 Å². The van der Waals surface area contributed by atoms with Crippen molar-refractivity contribution in [2.45, 2.75) is 6.92 Å². The summed E-state index contributed by atoms with van der Waals surface area (Å²) in [7, 11) is 2.71. The summed E-state index contributed by atoms with van der Waals surface area (Å²) in [6, 6.07) is 8.85. The van der Waals surface area contributed by atoms with Crippen LogP contribution in [0.4, 0.5) is 11.4 Å². The lowest BCUT2D eigenvalue weighted by Gasteiger charge is -2.11. The number of fused-ring (bicyclic) bond motifs is 1. The molecule has 0 aliphatic rings. The van der Waals surface area contributed by atoms with E-state index in [1.165, 1.54) is 26.4 Å². The number of methoxy groups -OCH3 is 2. The summed E-state index contributed by atoms with van der Waals surface area (Å²) in [4.78, 5) is 37.8. The number of nitrogens with one attached hydrogen (secondary N) is 2. The molecule has 3 aromatic rings. The number of carbonyl (C=O) groups is 1. The molecular formula is C19H17N3O6. The maximum absolute atomic E-state index is 12.7. The summed E-state index contributed by atoms with van der Waals surface area (Å²) >= 11 is 0. The first-order valence-corrected chi connectivity index (χ1v) is 8.19. The largest absolute Gasteiger partial charge is 0.493 e. The number of nitro benzene ring substituents is 1. The first-order valence-electron chi connectivity index (χ1n) is 8.19. The SMILES string of the molecule is COc1cc(C(=O)Nc2ccc3c(C)cc(=O)[nH]c3c2)c([N+](=O)[O-])cc1OC. The van der Waals surface area contributed by atoms with E-state index in [2.05, 4.69) is 10.3 Å². The molecular weight excluding hydrogens is 366 g/mol. The predicted octanol–water partition coefficient (Wildman–Crippen LogP) is 3.01. The molecule has 3 rings (SSSR count). The zero-order chi connectivity index (χ0) is 20.4. The molecule has 2 aromatic carbocycles. The minimum Gasteiger partial charge on any atom is -0.493 e. The molecule has 0 fully saturated rings. The zero-order valence-electron chi connectivity index (χ0n) is 15.4. The lowest BCUT2D eigenvalue weighted by molar-refractivity contribution is -0.385. The van der Waals surface area contributed by atoms with Gasteiger partial charge in [0.2, 0.25) is 5.56 Å². The minimum atomic E-state index is -0.693. The first kappa shape index (κ1) is 18.9. The van der Waals surface area contributed by atoms with E-state index in [1.54, 1.807) is 18.2 Å². The van der Waals surface area contributed by atoms with Crippen molar-refractivity contribution < 1.29 is 19.2 Å². The second-order valence-electron chi connectivity index (χ2n) is 6.01. The fourth-order valence-electron chi connectivity index (χ4n) is 2.91. The third-order valence-corrected chi connectivity index (χ3v) is 4.25. The quantitative estimate of drug-likeness (QED) is 0.516. The Labute approximate surface area is 159 Å². The number of aryl methyl sites for hydroxylation is 1. The average molecular weight is 383 g/mol. The van der Waals surface area contributed by atoms with Crippen molar-refractivity contribution >= 4 is 28.2 Å². The molecule has 0 atom stereocenters. The van der Waals surface area contributed by atoms with Gasteiger partial charge in [-0.2, -0.15) is 0 Å². The Balaban J connectivity index is 2.02. The van der Waals surface area contributed by atoms with Crippen LogP contribution in [0.1, 0.15) is 15.9 Å². The smallest absolute Gasteiger partial charge is 0.286 e. The molecule has 144 valence electrons. The summed E-state index contributed by atoms with van der Waals surface area (Å²) in [6.07, 6.45) is 0. The molecule has 0 aliphatic carbocycles. The van der Waals surface area contributed by atoms with Gasteiger partial charge < -0.3 is 19.8 Å². The molecule has 0 radical (unpaired) electrons. The van der Waals surface area contributed by atoms with Crippen LogP contribution in [0.5, 0.6) is 11.5 Å². The Bertz CT molecular complexity index is 1150. The van der Waals surface area contributed by atoms with Crippen LogP contribution >= 0.6 is 0 Å². The molecule has 0 saturated heterocycles. The molecule has 9 heteroatoms. The zero-order valence-corrected chi connectivity index (χ0v) is 15.4. The van der Waals surface area contributed by atoms with Gasteiger partial charge in [-0.05, 0) is 24.6 Å². The van der Waals surface area contributed by atoms with Crippen LogP contribution in [0, 0.1) is 17.0 Å². The number of aromatic amines is 1. The number of carbonyl (C=O) groups excluding carboxylic acids is 1. The van der Waals surface area contributed by atoms with Crippen LogP contribution in [0.15, 0.2) is 41.2 Å². The Morgan fingerprint density at radius 2 is 1.79 bits per heavy atom. The highest BCUT2D eigenvalue weighted by atomic mass is 16.6. The number of aromatic nitrogens is 1. The van der Waals surface area contributed by atoms with Crippen molar-refractivity contribution in [2.24, 2.45) is 0 Å². The van der Waals surface area contributed by atoms with Gasteiger partial charge in [0.15, 0.2) is 11.5 Å². The number of nitro groups is 1. The van der Waals surface area contributed by atoms with Crippen molar-refractivity contribution in [2.75, 3.05) is 19.5 Å². The summed E-state index contributed by atoms with van der Waals surface area (Å²) in [5.74, 6) is -0.358. The fourth-order valence-corrected chi connectivity index (χ4v) is 2.91. The Hall–Kier alpha value is -3.88. The molecule has 0 spiro atoms. The number of nitrogens with zero attached hydrogens (tertiary/aromatic N) is 1. The Morgan fingerprint density at radius 1 is 1.11 bits per heavy atom. The third kappa shape index (κ3) is 3.50. The summed E-state index contributed by atoms with van der Waals surface area (Å²) in [5, 5.41) is 14.8. The number of amides is 1. The van der Waals surface area contributed by atoms with Crippen LogP contribution in [0.25, 0.3) is 10.9 Å². The summed E-state index contributed by atoms with van der Waals surface area (Å²) in [5.41, 5.74) is 0.865. The molecule has 0 bridgehead atoms. The van der Waals surface area contributed by atoms with Gasteiger partial charge in [-0.25, -0.2) is 0 Å². The molecule has 0 aliphatic heterocycles. The lowest BCUT2D eigenvalue weighted by atomic mass is 10.1. The van der Waals surface area contributed by atoms with Crippen LogP contribution in [0.3, 0.4) is 0 Å². The monoisotopic (exact) mass is 383 g/mol. The first-order chi connectivity index (χ1) is 13.3. The number of benzene rings is 2. The van der Waals surface area contributed by atoms with E-state index in [9.17, 15) is 19.7 Å². The number of hydrogen-bond donors (Lipinski definition) is 2. The normalized spacial score (nSPS) is 10.5. The average Bonchev–Trinajstić information content (AvgIpc) is 2.66. The van der Waals surface area contributed by atoms with Crippen LogP contribution in [-0.2, 0) is 0 Å². The van der Waals surface area contributed by atoms with Crippen molar-refractivity contribution in [3.63, 3.8) is 0 Å². The van der Waals surface area contributed by atoms with Gasteiger partial charge >= 0.3 is 0 Å².